The molecule has 0 spiro atoms. The highest BCUT2D eigenvalue weighted by molar-refractivity contribution is 7.43. The highest BCUT2D eigenvalue weighted by Crippen LogP contribution is 2.19. The monoisotopic (exact) mass is 352 g/mol. The molecule has 0 amide bonds. The van der Waals surface area contributed by atoms with E-state index in [0.29, 0.717) is 0 Å². The van der Waals surface area contributed by atoms with Crippen LogP contribution in [0, 0.1) is 0 Å². The Labute approximate surface area is 125 Å². The second kappa shape index (κ2) is 9.52. The summed E-state index contributed by atoms with van der Waals surface area (Å²) in [6, 6.07) is 8.20. The zero-order chi connectivity index (χ0) is 17.2. The highest BCUT2D eigenvalue weighted by Gasteiger charge is 1.97. The van der Waals surface area contributed by atoms with Crippen molar-refractivity contribution in [2.45, 2.75) is 0 Å². The summed E-state index contributed by atoms with van der Waals surface area (Å²) in [6.45, 7) is 0. The van der Waals surface area contributed by atoms with Crippen molar-refractivity contribution in [3.8, 4) is 11.1 Å². The maximum atomic E-state index is 8.77. The van der Waals surface area contributed by atoms with Gasteiger partial charge >= 0.3 is 0 Å². The van der Waals surface area contributed by atoms with E-state index in [2.05, 4.69) is 34.2 Å². The van der Waals surface area contributed by atoms with Gasteiger partial charge in [0.05, 0.1) is 0 Å². The Kier molecular flexibility index (Phi) is 8.88. The summed E-state index contributed by atoms with van der Waals surface area (Å²) in [5, 5.41) is 0. The van der Waals surface area contributed by atoms with Crippen LogP contribution >= 0.6 is 15.6 Å². The predicted octanol–water partition coefficient (Wildman–Crippen LogP) is -2.14. The summed E-state index contributed by atoms with van der Waals surface area (Å²) in [5.41, 5.74) is 2.45. The zero-order valence-electron chi connectivity index (χ0n) is 10.9. The van der Waals surface area contributed by atoms with E-state index in [1.165, 1.54) is 11.1 Å². The van der Waals surface area contributed by atoms with Gasteiger partial charge in [0.15, 0.2) is 24.8 Å². The molecular weight excluding hydrogens is 338 g/mol. The minimum Gasteiger partial charge on any atom is -0.756 e. The van der Waals surface area contributed by atoms with Gasteiger partial charge in [0.25, 0.3) is 15.6 Å². The molecule has 2 heterocycles. The van der Waals surface area contributed by atoms with E-state index in [9.17, 15) is 0 Å². The van der Waals surface area contributed by atoms with Gasteiger partial charge in [-0.1, -0.05) is 0 Å². The molecule has 2 aromatic rings. The van der Waals surface area contributed by atoms with Crippen LogP contribution in [0.15, 0.2) is 49.1 Å². The molecule has 12 heteroatoms. The van der Waals surface area contributed by atoms with Crippen molar-refractivity contribution in [2.75, 3.05) is 0 Å². The van der Waals surface area contributed by atoms with E-state index in [1.807, 2.05) is 24.8 Å². The highest BCUT2D eigenvalue weighted by atomic mass is 31.2. The minimum atomic E-state index is -4.89. The summed E-state index contributed by atoms with van der Waals surface area (Å²) in [7, 11) is -9.78. The Morgan fingerprint density at radius 2 is 0.864 bits per heavy atom. The smallest absolute Gasteiger partial charge is 0.262 e. The third-order valence-corrected chi connectivity index (χ3v) is 1.77. The van der Waals surface area contributed by atoms with Crippen LogP contribution in [0.5, 0.6) is 0 Å². The molecule has 2 aromatic heterocycles. The van der Waals surface area contributed by atoms with Crippen molar-refractivity contribution in [3.63, 3.8) is 0 Å². The van der Waals surface area contributed by atoms with E-state index in [4.69, 9.17) is 38.5 Å². The lowest BCUT2D eigenvalue weighted by Gasteiger charge is -2.01. The van der Waals surface area contributed by atoms with Crippen LogP contribution in [0.2, 0.25) is 0 Å². The first kappa shape index (κ1) is 20.5. The molecule has 0 atom stereocenters. The minimum absolute atomic E-state index is 1.22. The molecule has 0 aliphatic carbocycles. The van der Waals surface area contributed by atoms with Crippen LogP contribution in [0.3, 0.4) is 0 Å². The summed E-state index contributed by atoms with van der Waals surface area (Å²) in [5.74, 6) is 0. The first-order valence-electron chi connectivity index (χ1n) is 5.42. The number of hydrogen-bond acceptors (Lipinski definition) is 4. The molecule has 22 heavy (non-hydrogen) atoms. The summed E-state index contributed by atoms with van der Waals surface area (Å²) >= 11 is 0. The van der Waals surface area contributed by atoms with E-state index >= 15 is 0 Å². The molecule has 0 radical (unpaired) electrons. The van der Waals surface area contributed by atoms with E-state index in [-0.39, 0.29) is 0 Å². The third kappa shape index (κ3) is 16.6. The number of hydrogen-bond donors (Lipinski definition) is 4. The van der Waals surface area contributed by atoms with Crippen LogP contribution in [-0.2, 0) is 9.13 Å². The molecule has 6 N–H and O–H groups in total. The van der Waals surface area contributed by atoms with Crippen molar-refractivity contribution >= 4 is 15.6 Å². The fourth-order valence-corrected chi connectivity index (χ4v) is 1.16. The third-order valence-electron chi connectivity index (χ3n) is 1.77. The zero-order valence-corrected chi connectivity index (χ0v) is 12.7. The number of nitrogens with one attached hydrogen (secondary N) is 2. The first-order chi connectivity index (χ1) is 9.97. The summed E-state index contributed by atoms with van der Waals surface area (Å²) in [6.07, 6.45) is 7.69. The molecule has 122 valence electrons. The summed E-state index contributed by atoms with van der Waals surface area (Å²) in [4.78, 5) is 51.8. The standard InChI is InChI=1S/C10H8N2.2H3O4P/c1-5-11-6-2-9(1)10-3-7-12-8-4-10;2*1-5(2,3)4/h1-8H;2*(H3,1,2,3,4). The normalized spacial score (nSPS) is 10.6. The second-order valence-electron chi connectivity index (χ2n) is 3.56. The lowest BCUT2D eigenvalue weighted by atomic mass is 10.1. The summed E-state index contributed by atoms with van der Waals surface area (Å²) < 4.78 is 17.5. The largest absolute Gasteiger partial charge is 0.756 e. The number of pyridine rings is 2. The molecule has 0 bridgehead atoms. The Bertz CT molecular complexity index is 554. The van der Waals surface area contributed by atoms with Crippen molar-refractivity contribution < 1.29 is 48.5 Å². The van der Waals surface area contributed by atoms with Gasteiger partial charge in [-0.15, -0.1) is 0 Å². The lowest BCUT2D eigenvalue weighted by molar-refractivity contribution is -0.378. The molecule has 0 saturated heterocycles. The molecule has 10 nitrogen and oxygen atoms in total. The fourth-order valence-electron chi connectivity index (χ4n) is 1.16. The van der Waals surface area contributed by atoms with Crippen molar-refractivity contribution in [2.24, 2.45) is 0 Å². The van der Waals surface area contributed by atoms with Gasteiger partial charge in [-0.25, -0.2) is 9.97 Å². The SMILES string of the molecule is O=P([O-])(O)O.O=P([O-])(O)O.c1cc(-c2cc[nH+]cc2)cc[nH+]1. The molecule has 0 aliphatic heterocycles. The topological polar surface area (TPSA) is 189 Å². The Hall–Kier alpha value is -1.48. The maximum Gasteiger partial charge on any atom is 0.262 e. The van der Waals surface area contributed by atoms with Crippen molar-refractivity contribution in [1.29, 1.82) is 0 Å². The van der Waals surface area contributed by atoms with Crippen LogP contribution in [0.25, 0.3) is 11.1 Å². The fraction of sp³-hybridized carbons (Fsp3) is 0. The molecule has 0 fully saturated rings. The van der Waals surface area contributed by atoms with Crippen molar-refractivity contribution in [3.05, 3.63) is 49.1 Å². The van der Waals surface area contributed by atoms with Crippen molar-refractivity contribution in [1.82, 2.24) is 0 Å². The van der Waals surface area contributed by atoms with E-state index in [1.54, 1.807) is 0 Å². The van der Waals surface area contributed by atoms with Gasteiger partial charge in [-0.05, 0) is 11.1 Å². The van der Waals surface area contributed by atoms with Gasteiger partial charge in [0, 0.05) is 24.3 Å². The Balaban J connectivity index is 0.000000372. The number of aromatic amines is 2. The Morgan fingerprint density at radius 1 is 0.682 bits per heavy atom. The molecule has 2 rings (SSSR count). The van der Waals surface area contributed by atoms with Gasteiger partial charge in [0.1, 0.15) is 0 Å². The lowest BCUT2D eigenvalue weighted by Crippen LogP contribution is -1.99. The number of rotatable bonds is 1. The Morgan fingerprint density at radius 3 is 1.05 bits per heavy atom. The molecule has 0 aromatic carbocycles. The number of phosphoric acid groups is 2. The number of H-pyrrole nitrogens is 2. The van der Waals surface area contributed by atoms with Gasteiger partial charge in [-0.2, -0.15) is 0 Å². The average Bonchev–Trinajstić information content (AvgIpc) is 2.37. The van der Waals surface area contributed by atoms with Crippen LogP contribution in [0.4, 0.5) is 0 Å². The first-order valence-corrected chi connectivity index (χ1v) is 8.48. The van der Waals surface area contributed by atoms with E-state index < -0.39 is 15.6 Å². The van der Waals surface area contributed by atoms with Crippen LogP contribution in [-0.4, -0.2) is 19.6 Å². The van der Waals surface area contributed by atoms with Gasteiger partial charge < -0.3 is 29.4 Å². The quantitative estimate of drug-likeness (QED) is 0.418. The second-order valence-corrected chi connectivity index (χ2v) is 5.52. The maximum absolute atomic E-state index is 8.77. The number of aromatic nitrogens is 2. The van der Waals surface area contributed by atoms with E-state index in [0.717, 1.165) is 0 Å². The molecule has 0 aliphatic rings. The van der Waals surface area contributed by atoms with Crippen LogP contribution in [0.1, 0.15) is 0 Å². The molecule has 0 unspecified atom stereocenters. The van der Waals surface area contributed by atoms with Crippen LogP contribution < -0.4 is 19.8 Å². The average molecular weight is 352 g/mol. The van der Waals surface area contributed by atoms with Gasteiger partial charge in [0.2, 0.25) is 0 Å². The predicted molar refractivity (Wildman–Crippen MR) is 69.1 cm³/mol. The molecule has 0 saturated carbocycles. The van der Waals surface area contributed by atoms with Gasteiger partial charge in [-0.3, -0.25) is 9.13 Å². The molecular formula is C10H14N2O8P2.